The number of halogens is 1. The molecule has 21 heavy (non-hydrogen) atoms. The normalized spacial score (nSPS) is 11.5. The predicted octanol–water partition coefficient (Wildman–Crippen LogP) is 2.79. The molecule has 8 heteroatoms. The SMILES string of the molecule is CSCCCCCNS(=O)(=O)c1ccc(C(N)=S)cc1Cl. The van der Waals surface area contributed by atoms with Crippen LogP contribution in [0.25, 0.3) is 0 Å². The van der Waals surface area contributed by atoms with E-state index in [1.54, 1.807) is 17.8 Å². The van der Waals surface area contributed by atoms with Crippen molar-refractivity contribution in [3.05, 3.63) is 28.8 Å². The summed E-state index contributed by atoms with van der Waals surface area (Å²) in [7, 11) is -3.60. The molecule has 0 heterocycles. The molecule has 1 aromatic rings. The van der Waals surface area contributed by atoms with Crippen molar-refractivity contribution < 1.29 is 8.42 Å². The Morgan fingerprint density at radius 1 is 1.38 bits per heavy atom. The van der Waals surface area contributed by atoms with Gasteiger partial charge in [0.2, 0.25) is 10.0 Å². The average Bonchev–Trinajstić information content (AvgIpc) is 2.42. The van der Waals surface area contributed by atoms with E-state index in [4.69, 9.17) is 29.6 Å². The van der Waals surface area contributed by atoms with Gasteiger partial charge in [-0.15, -0.1) is 0 Å². The molecule has 0 saturated heterocycles. The molecule has 0 aliphatic heterocycles. The second-order valence-electron chi connectivity index (χ2n) is 4.46. The van der Waals surface area contributed by atoms with E-state index in [-0.39, 0.29) is 14.9 Å². The molecule has 0 aliphatic carbocycles. The van der Waals surface area contributed by atoms with Crippen molar-refractivity contribution >= 4 is 50.6 Å². The van der Waals surface area contributed by atoms with Crippen molar-refractivity contribution in [1.29, 1.82) is 0 Å². The lowest BCUT2D eigenvalue weighted by Gasteiger charge is -2.09. The van der Waals surface area contributed by atoms with Gasteiger partial charge >= 0.3 is 0 Å². The van der Waals surface area contributed by atoms with Crippen molar-refractivity contribution in [1.82, 2.24) is 4.72 Å². The fourth-order valence-electron chi connectivity index (χ4n) is 1.70. The van der Waals surface area contributed by atoms with E-state index in [1.165, 1.54) is 12.1 Å². The predicted molar refractivity (Wildman–Crippen MR) is 94.8 cm³/mol. The summed E-state index contributed by atoms with van der Waals surface area (Å²) >= 11 is 12.6. The minimum Gasteiger partial charge on any atom is -0.389 e. The summed E-state index contributed by atoms with van der Waals surface area (Å²) in [5.74, 6) is 1.10. The molecule has 0 radical (unpaired) electrons. The number of unbranched alkanes of at least 4 members (excludes halogenated alkanes) is 2. The van der Waals surface area contributed by atoms with Crippen LogP contribution in [-0.4, -0.2) is 32.0 Å². The maximum absolute atomic E-state index is 12.2. The number of nitrogens with one attached hydrogen (secondary N) is 1. The van der Waals surface area contributed by atoms with Gasteiger partial charge in [0.05, 0.1) is 5.02 Å². The number of thioether (sulfide) groups is 1. The molecular weight excluding hydrogens is 348 g/mol. The van der Waals surface area contributed by atoms with Crippen LogP contribution in [-0.2, 0) is 10.0 Å². The van der Waals surface area contributed by atoms with Gasteiger partial charge in [-0.25, -0.2) is 13.1 Å². The van der Waals surface area contributed by atoms with Crippen molar-refractivity contribution in [3.63, 3.8) is 0 Å². The van der Waals surface area contributed by atoms with Crippen LogP contribution >= 0.6 is 35.6 Å². The van der Waals surface area contributed by atoms with Gasteiger partial charge in [0.1, 0.15) is 9.88 Å². The summed E-state index contributed by atoms with van der Waals surface area (Å²) in [6, 6.07) is 4.45. The summed E-state index contributed by atoms with van der Waals surface area (Å²) in [5, 5.41) is 0.121. The van der Waals surface area contributed by atoms with Gasteiger partial charge in [-0.2, -0.15) is 11.8 Å². The summed E-state index contributed by atoms with van der Waals surface area (Å²) in [6.07, 6.45) is 4.95. The molecule has 0 fully saturated rings. The Hall–Kier alpha value is -0.340. The van der Waals surface area contributed by atoms with Crippen molar-refractivity contribution in [2.75, 3.05) is 18.6 Å². The second-order valence-corrected chi connectivity index (χ2v) is 8.03. The fourth-order valence-corrected chi connectivity index (χ4v) is 3.94. The highest BCUT2D eigenvalue weighted by atomic mass is 35.5. The summed E-state index contributed by atoms with van der Waals surface area (Å²) in [6.45, 7) is 0.407. The maximum Gasteiger partial charge on any atom is 0.242 e. The first-order valence-corrected chi connectivity index (χ1v) is 10.1. The lowest BCUT2D eigenvalue weighted by atomic mass is 10.2. The molecule has 0 bridgehead atoms. The Labute approximate surface area is 140 Å². The van der Waals surface area contributed by atoms with Gasteiger partial charge < -0.3 is 5.73 Å². The number of nitrogens with two attached hydrogens (primary N) is 1. The third kappa shape index (κ3) is 6.12. The van der Waals surface area contributed by atoms with Gasteiger partial charge in [-0.05, 0) is 37.0 Å². The van der Waals surface area contributed by atoms with E-state index >= 15 is 0 Å². The summed E-state index contributed by atoms with van der Waals surface area (Å²) < 4.78 is 26.9. The molecule has 0 amide bonds. The van der Waals surface area contributed by atoms with Crippen LogP contribution in [0.1, 0.15) is 24.8 Å². The number of hydrogen-bond donors (Lipinski definition) is 2. The van der Waals surface area contributed by atoms with Gasteiger partial charge in [0, 0.05) is 12.1 Å². The number of rotatable bonds is 9. The fraction of sp³-hybridized carbons (Fsp3) is 0.462. The largest absolute Gasteiger partial charge is 0.389 e. The Morgan fingerprint density at radius 3 is 2.67 bits per heavy atom. The molecule has 1 aromatic carbocycles. The number of hydrogen-bond acceptors (Lipinski definition) is 4. The summed E-state index contributed by atoms with van der Waals surface area (Å²) in [4.78, 5) is 0.232. The van der Waals surface area contributed by atoms with Crippen molar-refractivity contribution in [2.45, 2.75) is 24.2 Å². The van der Waals surface area contributed by atoms with E-state index in [0.29, 0.717) is 12.1 Å². The first-order chi connectivity index (χ1) is 9.88. The van der Waals surface area contributed by atoms with E-state index < -0.39 is 10.0 Å². The highest BCUT2D eigenvalue weighted by Gasteiger charge is 2.17. The number of benzene rings is 1. The van der Waals surface area contributed by atoms with Crippen LogP contribution in [0.15, 0.2) is 23.1 Å². The van der Waals surface area contributed by atoms with E-state index in [1.807, 2.05) is 0 Å². The minimum atomic E-state index is -3.60. The molecule has 1 rings (SSSR count). The standard InChI is InChI=1S/C13H19ClN2O2S3/c1-20-8-4-2-3-7-16-21(17,18)12-6-5-10(13(15)19)9-11(12)14/h5-6,9,16H,2-4,7-8H2,1H3,(H2,15,19). The van der Waals surface area contributed by atoms with Crippen LogP contribution in [0, 0.1) is 0 Å². The summed E-state index contributed by atoms with van der Waals surface area (Å²) in [5.41, 5.74) is 6.03. The maximum atomic E-state index is 12.2. The van der Waals surface area contributed by atoms with E-state index in [2.05, 4.69) is 11.0 Å². The monoisotopic (exact) mass is 366 g/mol. The average molecular weight is 367 g/mol. The van der Waals surface area contributed by atoms with Gasteiger partial charge in [-0.1, -0.05) is 36.3 Å². The molecule has 0 aromatic heterocycles. The third-order valence-electron chi connectivity index (χ3n) is 2.82. The molecule has 0 spiro atoms. The molecular formula is C13H19ClN2O2S3. The second kappa shape index (κ2) is 8.95. The highest BCUT2D eigenvalue weighted by molar-refractivity contribution is 7.98. The molecule has 0 aliphatic rings. The van der Waals surface area contributed by atoms with Crippen LogP contribution in [0.2, 0.25) is 5.02 Å². The first kappa shape index (κ1) is 18.7. The van der Waals surface area contributed by atoms with Crippen LogP contribution < -0.4 is 10.5 Å². The third-order valence-corrected chi connectivity index (χ3v) is 5.70. The molecule has 4 nitrogen and oxygen atoms in total. The van der Waals surface area contributed by atoms with Gasteiger partial charge in [-0.3, -0.25) is 0 Å². The number of sulfonamides is 1. The Balaban J connectivity index is 2.64. The molecule has 0 atom stereocenters. The smallest absolute Gasteiger partial charge is 0.242 e. The topological polar surface area (TPSA) is 72.2 Å². The Kier molecular flexibility index (Phi) is 7.97. The zero-order chi connectivity index (χ0) is 15.9. The van der Waals surface area contributed by atoms with E-state index in [9.17, 15) is 8.42 Å². The van der Waals surface area contributed by atoms with Gasteiger partial charge in [0.15, 0.2) is 0 Å². The molecule has 3 N–H and O–H groups in total. The van der Waals surface area contributed by atoms with Crippen molar-refractivity contribution in [2.24, 2.45) is 5.73 Å². The van der Waals surface area contributed by atoms with Crippen LogP contribution in [0.3, 0.4) is 0 Å². The quantitative estimate of drug-likeness (QED) is 0.519. The van der Waals surface area contributed by atoms with E-state index in [0.717, 1.165) is 25.0 Å². The van der Waals surface area contributed by atoms with Crippen LogP contribution in [0.5, 0.6) is 0 Å². The number of thiocarbonyl (C=S) groups is 1. The first-order valence-electron chi connectivity index (χ1n) is 6.46. The zero-order valence-electron chi connectivity index (χ0n) is 11.8. The lowest BCUT2D eigenvalue weighted by molar-refractivity contribution is 0.576. The molecule has 0 saturated carbocycles. The van der Waals surface area contributed by atoms with Gasteiger partial charge in [0.25, 0.3) is 0 Å². The Morgan fingerprint density at radius 2 is 2.10 bits per heavy atom. The molecule has 118 valence electrons. The minimum absolute atomic E-state index is 0.0493. The van der Waals surface area contributed by atoms with Crippen molar-refractivity contribution in [3.8, 4) is 0 Å². The Bertz CT molecular complexity index is 591. The lowest BCUT2D eigenvalue weighted by Crippen LogP contribution is -2.25. The zero-order valence-corrected chi connectivity index (χ0v) is 15.0. The van der Waals surface area contributed by atoms with Crippen LogP contribution in [0.4, 0.5) is 0 Å². The highest BCUT2D eigenvalue weighted by Crippen LogP contribution is 2.22. The molecule has 0 unspecified atom stereocenters.